The molecule has 2 rings (SSSR count). The van der Waals surface area contributed by atoms with Crippen molar-refractivity contribution in [1.82, 2.24) is 4.98 Å². The lowest BCUT2D eigenvalue weighted by atomic mass is 10.2. The van der Waals surface area contributed by atoms with E-state index >= 15 is 0 Å². The standard InChI is InChI=1S/C15H15N3O4/c1-9-7-10(18-15(20)14(16)19)3-5-12(9)22-11-4-6-13(21-2)17-8-11/h3-8H,1-2H3,(H2,16,19)(H,18,20). The summed E-state index contributed by atoms with van der Waals surface area (Å²) in [7, 11) is 1.53. The van der Waals surface area contributed by atoms with Crippen LogP contribution in [0.1, 0.15) is 5.56 Å². The number of pyridine rings is 1. The van der Waals surface area contributed by atoms with Gasteiger partial charge in [0.25, 0.3) is 0 Å². The van der Waals surface area contributed by atoms with E-state index in [0.717, 1.165) is 5.56 Å². The van der Waals surface area contributed by atoms with E-state index in [1.54, 1.807) is 36.5 Å². The zero-order valence-corrected chi connectivity index (χ0v) is 12.1. The molecule has 0 bridgehead atoms. The van der Waals surface area contributed by atoms with Crippen LogP contribution in [-0.4, -0.2) is 23.9 Å². The Morgan fingerprint density at radius 3 is 2.55 bits per heavy atom. The van der Waals surface area contributed by atoms with Crippen molar-refractivity contribution in [2.75, 3.05) is 12.4 Å². The number of amides is 2. The molecular weight excluding hydrogens is 286 g/mol. The molecule has 1 aromatic carbocycles. The molecule has 0 fully saturated rings. The minimum atomic E-state index is -1.04. The van der Waals surface area contributed by atoms with Crippen LogP contribution in [0.4, 0.5) is 5.69 Å². The van der Waals surface area contributed by atoms with Gasteiger partial charge in [0.1, 0.15) is 11.5 Å². The molecule has 0 unspecified atom stereocenters. The fourth-order valence-electron chi connectivity index (χ4n) is 1.71. The number of primary amides is 1. The Labute approximate surface area is 127 Å². The second-order valence-electron chi connectivity index (χ2n) is 4.44. The molecule has 0 aliphatic heterocycles. The van der Waals surface area contributed by atoms with Gasteiger partial charge in [-0.1, -0.05) is 0 Å². The number of methoxy groups -OCH3 is 1. The number of carbonyl (C=O) groups is 2. The average molecular weight is 301 g/mol. The number of aryl methyl sites for hydroxylation is 1. The molecule has 114 valence electrons. The number of nitrogens with two attached hydrogens (primary N) is 1. The summed E-state index contributed by atoms with van der Waals surface area (Å²) in [5, 5.41) is 2.39. The molecule has 0 saturated carbocycles. The molecule has 0 saturated heterocycles. The average Bonchev–Trinajstić information content (AvgIpc) is 2.50. The van der Waals surface area contributed by atoms with Crippen LogP contribution in [0.5, 0.6) is 17.4 Å². The molecule has 7 nitrogen and oxygen atoms in total. The number of carbonyl (C=O) groups excluding carboxylic acids is 2. The van der Waals surface area contributed by atoms with Gasteiger partial charge in [-0.25, -0.2) is 4.98 Å². The van der Waals surface area contributed by atoms with E-state index in [-0.39, 0.29) is 0 Å². The Morgan fingerprint density at radius 1 is 1.23 bits per heavy atom. The van der Waals surface area contributed by atoms with Gasteiger partial charge in [-0.05, 0) is 36.8 Å². The van der Waals surface area contributed by atoms with Crippen molar-refractivity contribution in [1.29, 1.82) is 0 Å². The SMILES string of the molecule is COc1ccc(Oc2ccc(NC(=O)C(N)=O)cc2C)cn1. The lowest BCUT2D eigenvalue weighted by molar-refractivity contribution is -0.134. The number of nitrogens with one attached hydrogen (secondary N) is 1. The zero-order valence-electron chi connectivity index (χ0n) is 12.1. The molecular formula is C15H15N3O4. The van der Waals surface area contributed by atoms with E-state index < -0.39 is 11.8 Å². The van der Waals surface area contributed by atoms with Gasteiger partial charge < -0.3 is 20.5 Å². The quantitative estimate of drug-likeness (QED) is 0.835. The van der Waals surface area contributed by atoms with Crippen LogP contribution in [0.25, 0.3) is 0 Å². The lowest BCUT2D eigenvalue weighted by Crippen LogP contribution is -2.29. The zero-order chi connectivity index (χ0) is 16.1. The minimum absolute atomic E-state index is 0.460. The maximum atomic E-state index is 11.2. The van der Waals surface area contributed by atoms with Crippen molar-refractivity contribution >= 4 is 17.5 Å². The molecule has 0 aliphatic carbocycles. The maximum Gasteiger partial charge on any atom is 0.313 e. The third kappa shape index (κ3) is 3.72. The first-order valence-corrected chi connectivity index (χ1v) is 6.39. The lowest BCUT2D eigenvalue weighted by Gasteiger charge is -2.10. The first-order valence-electron chi connectivity index (χ1n) is 6.39. The number of hydrogen-bond donors (Lipinski definition) is 2. The van der Waals surface area contributed by atoms with Gasteiger partial charge in [0.05, 0.1) is 13.3 Å². The van der Waals surface area contributed by atoms with Crippen LogP contribution in [0.3, 0.4) is 0 Å². The van der Waals surface area contributed by atoms with Gasteiger partial charge in [-0.15, -0.1) is 0 Å². The summed E-state index contributed by atoms with van der Waals surface area (Å²) in [6.07, 6.45) is 1.54. The van der Waals surface area contributed by atoms with Crippen LogP contribution < -0.4 is 20.5 Å². The second-order valence-corrected chi connectivity index (χ2v) is 4.44. The van der Waals surface area contributed by atoms with Crippen molar-refractivity contribution in [2.24, 2.45) is 5.73 Å². The van der Waals surface area contributed by atoms with Gasteiger partial charge in [0, 0.05) is 11.8 Å². The molecule has 2 aromatic rings. The molecule has 0 spiro atoms. The van der Waals surface area contributed by atoms with Gasteiger partial charge in [-0.3, -0.25) is 9.59 Å². The van der Waals surface area contributed by atoms with E-state index in [1.165, 1.54) is 7.11 Å². The number of anilines is 1. The Kier molecular flexibility index (Phi) is 4.57. The first-order chi connectivity index (χ1) is 10.5. The highest BCUT2D eigenvalue weighted by molar-refractivity contribution is 6.39. The van der Waals surface area contributed by atoms with Crippen LogP contribution in [0.15, 0.2) is 36.5 Å². The Hall–Kier alpha value is -3.09. The van der Waals surface area contributed by atoms with Crippen molar-refractivity contribution < 1.29 is 19.1 Å². The minimum Gasteiger partial charge on any atom is -0.481 e. The Balaban J connectivity index is 2.12. The van der Waals surface area contributed by atoms with Crippen LogP contribution in [0.2, 0.25) is 0 Å². The van der Waals surface area contributed by atoms with Crippen molar-refractivity contribution in [3.05, 3.63) is 42.1 Å². The normalized spacial score (nSPS) is 9.91. The third-order valence-electron chi connectivity index (χ3n) is 2.80. The van der Waals surface area contributed by atoms with Gasteiger partial charge in [0.15, 0.2) is 0 Å². The smallest absolute Gasteiger partial charge is 0.313 e. The molecule has 1 heterocycles. The van der Waals surface area contributed by atoms with Gasteiger partial charge in [-0.2, -0.15) is 0 Å². The number of aromatic nitrogens is 1. The predicted molar refractivity (Wildman–Crippen MR) is 79.9 cm³/mol. The van der Waals surface area contributed by atoms with E-state index in [0.29, 0.717) is 23.1 Å². The summed E-state index contributed by atoms with van der Waals surface area (Å²) in [6.45, 7) is 1.81. The number of ether oxygens (including phenoxy) is 2. The molecule has 2 amide bonds. The Bertz CT molecular complexity index is 698. The highest BCUT2D eigenvalue weighted by Gasteiger charge is 2.10. The first kappa shape index (κ1) is 15.3. The van der Waals surface area contributed by atoms with Crippen molar-refractivity contribution in [3.63, 3.8) is 0 Å². The number of nitrogens with zero attached hydrogens (tertiary/aromatic N) is 1. The summed E-state index contributed by atoms with van der Waals surface area (Å²) < 4.78 is 10.7. The molecule has 22 heavy (non-hydrogen) atoms. The number of benzene rings is 1. The van der Waals surface area contributed by atoms with E-state index in [2.05, 4.69) is 10.3 Å². The summed E-state index contributed by atoms with van der Waals surface area (Å²) in [5.41, 5.74) is 6.12. The monoisotopic (exact) mass is 301 g/mol. The summed E-state index contributed by atoms with van der Waals surface area (Å²) in [4.78, 5) is 26.0. The van der Waals surface area contributed by atoms with E-state index in [9.17, 15) is 9.59 Å². The van der Waals surface area contributed by atoms with Gasteiger partial charge in [0.2, 0.25) is 5.88 Å². The second kappa shape index (κ2) is 6.57. The molecule has 0 radical (unpaired) electrons. The largest absolute Gasteiger partial charge is 0.481 e. The third-order valence-corrected chi connectivity index (χ3v) is 2.80. The van der Waals surface area contributed by atoms with Gasteiger partial charge >= 0.3 is 11.8 Å². The fourth-order valence-corrected chi connectivity index (χ4v) is 1.71. The molecule has 3 N–H and O–H groups in total. The topological polar surface area (TPSA) is 104 Å². The van der Waals surface area contributed by atoms with Crippen molar-refractivity contribution in [3.8, 4) is 17.4 Å². The number of rotatable bonds is 4. The highest BCUT2D eigenvalue weighted by Crippen LogP contribution is 2.27. The molecule has 0 atom stereocenters. The summed E-state index contributed by atoms with van der Waals surface area (Å²) >= 11 is 0. The molecule has 1 aromatic heterocycles. The molecule has 7 heteroatoms. The maximum absolute atomic E-state index is 11.2. The highest BCUT2D eigenvalue weighted by atomic mass is 16.5. The van der Waals surface area contributed by atoms with E-state index in [4.69, 9.17) is 15.2 Å². The summed E-state index contributed by atoms with van der Waals surface area (Å²) in [6, 6.07) is 8.38. The van der Waals surface area contributed by atoms with Crippen LogP contribution in [0, 0.1) is 6.92 Å². The number of hydrogen-bond acceptors (Lipinski definition) is 5. The van der Waals surface area contributed by atoms with E-state index in [1.807, 2.05) is 6.92 Å². The Morgan fingerprint density at radius 2 is 2.00 bits per heavy atom. The van der Waals surface area contributed by atoms with Crippen molar-refractivity contribution in [2.45, 2.75) is 6.92 Å². The predicted octanol–water partition coefficient (Wildman–Crippen LogP) is 1.61. The fraction of sp³-hybridized carbons (Fsp3) is 0.133. The summed E-state index contributed by atoms with van der Waals surface area (Å²) in [5.74, 6) is -0.259. The molecule has 0 aliphatic rings. The van der Waals surface area contributed by atoms with Crippen LogP contribution in [-0.2, 0) is 9.59 Å². The van der Waals surface area contributed by atoms with Crippen LogP contribution >= 0.6 is 0 Å².